The van der Waals surface area contributed by atoms with Crippen LogP contribution < -0.4 is 16.6 Å². The van der Waals surface area contributed by atoms with Crippen molar-refractivity contribution in [1.29, 1.82) is 0 Å². The van der Waals surface area contributed by atoms with E-state index in [2.05, 4.69) is 10.3 Å². The molecule has 1 atom stereocenters. The van der Waals surface area contributed by atoms with Gasteiger partial charge >= 0.3 is 5.97 Å². The number of aromatic nitrogens is 1. The highest BCUT2D eigenvalue weighted by Gasteiger charge is 2.20. The molecule has 3 aromatic rings. The lowest BCUT2D eigenvalue weighted by Crippen LogP contribution is -2.40. The summed E-state index contributed by atoms with van der Waals surface area (Å²) in [5.74, 6) is -1.58. The van der Waals surface area contributed by atoms with E-state index in [1.807, 2.05) is 12.1 Å². The minimum atomic E-state index is -1.08. The Morgan fingerprint density at radius 1 is 1.07 bits per heavy atom. The number of carboxylic acids is 1. The molecule has 2 aromatic carbocycles. The number of amides is 1. The van der Waals surface area contributed by atoms with Crippen LogP contribution in [0.1, 0.15) is 29.6 Å². The molecule has 140 valence electrons. The first-order valence-electron chi connectivity index (χ1n) is 8.80. The number of aromatic amines is 1. The molecule has 0 radical (unpaired) electrons. The Labute approximate surface area is 155 Å². The van der Waals surface area contributed by atoms with Gasteiger partial charge in [-0.25, -0.2) is 4.79 Å². The van der Waals surface area contributed by atoms with E-state index in [1.54, 1.807) is 30.3 Å². The quantitative estimate of drug-likeness (QED) is 0.375. The molecule has 3 rings (SSSR count). The SMILES string of the molecule is NCCCC[C@H](NC(=O)c1ccc2c(c1)[nH]c(=O)c1ccccc12)C(=O)O. The lowest BCUT2D eigenvalue weighted by Gasteiger charge is -2.14. The minimum absolute atomic E-state index is 0.235. The second-order valence-corrected chi connectivity index (χ2v) is 6.41. The van der Waals surface area contributed by atoms with Crippen LogP contribution in [0.3, 0.4) is 0 Å². The molecule has 1 aromatic heterocycles. The van der Waals surface area contributed by atoms with Crippen molar-refractivity contribution >= 4 is 33.6 Å². The second-order valence-electron chi connectivity index (χ2n) is 6.41. The monoisotopic (exact) mass is 367 g/mol. The lowest BCUT2D eigenvalue weighted by molar-refractivity contribution is -0.139. The third kappa shape index (κ3) is 3.98. The molecular formula is C20H21N3O4. The summed E-state index contributed by atoms with van der Waals surface area (Å²) in [6.07, 6.45) is 1.63. The van der Waals surface area contributed by atoms with Gasteiger partial charge in [0.05, 0.1) is 0 Å². The zero-order chi connectivity index (χ0) is 19.4. The molecule has 7 nitrogen and oxygen atoms in total. The van der Waals surface area contributed by atoms with Crippen LogP contribution in [-0.2, 0) is 4.79 Å². The molecule has 0 bridgehead atoms. The Kier molecular flexibility index (Phi) is 5.52. The largest absolute Gasteiger partial charge is 0.480 e. The Morgan fingerprint density at radius 3 is 2.52 bits per heavy atom. The van der Waals surface area contributed by atoms with Crippen molar-refractivity contribution in [3.8, 4) is 0 Å². The fraction of sp³-hybridized carbons (Fsp3) is 0.250. The number of hydrogen-bond acceptors (Lipinski definition) is 4. The van der Waals surface area contributed by atoms with Crippen molar-refractivity contribution in [3.63, 3.8) is 0 Å². The van der Waals surface area contributed by atoms with Gasteiger partial charge in [0.2, 0.25) is 0 Å². The van der Waals surface area contributed by atoms with E-state index in [0.29, 0.717) is 42.3 Å². The van der Waals surface area contributed by atoms with Gasteiger partial charge in [-0.05, 0) is 49.4 Å². The van der Waals surface area contributed by atoms with Crippen LogP contribution in [0.15, 0.2) is 47.3 Å². The number of carboxylic acid groups (broad SMARTS) is 1. The van der Waals surface area contributed by atoms with Crippen molar-refractivity contribution in [2.45, 2.75) is 25.3 Å². The van der Waals surface area contributed by atoms with Crippen molar-refractivity contribution in [3.05, 3.63) is 58.4 Å². The molecule has 0 saturated heterocycles. The molecule has 7 heteroatoms. The molecule has 0 saturated carbocycles. The Balaban J connectivity index is 1.90. The van der Waals surface area contributed by atoms with Gasteiger partial charge in [0.1, 0.15) is 6.04 Å². The maximum atomic E-state index is 12.5. The van der Waals surface area contributed by atoms with Gasteiger partial charge < -0.3 is 21.1 Å². The molecule has 0 unspecified atom stereocenters. The molecule has 0 aliphatic carbocycles. The highest BCUT2D eigenvalue weighted by molar-refractivity contribution is 6.07. The molecule has 27 heavy (non-hydrogen) atoms. The summed E-state index contributed by atoms with van der Waals surface area (Å²) >= 11 is 0. The zero-order valence-electron chi connectivity index (χ0n) is 14.7. The van der Waals surface area contributed by atoms with Crippen molar-refractivity contribution in [2.75, 3.05) is 6.54 Å². The maximum absolute atomic E-state index is 12.5. The van der Waals surface area contributed by atoms with Crippen LogP contribution in [0.25, 0.3) is 21.7 Å². The average Bonchev–Trinajstić information content (AvgIpc) is 2.67. The molecule has 1 heterocycles. The smallest absolute Gasteiger partial charge is 0.326 e. The van der Waals surface area contributed by atoms with Gasteiger partial charge in [-0.1, -0.05) is 24.3 Å². The summed E-state index contributed by atoms with van der Waals surface area (Å²) in [7, 11) is 0. The third-order valence-electron chi connectivity index (χ3n) is 4.54. The van der Waals surface area contributed by atoms with Crippen LogP contribution in [0.2, 0.25) is 0 Å². The summed E-state index contributed by atoms with van der Waals surface area (Å²) in [5, 5.41) is 14.0. The number of H-pyrrole nitrogens is 1. The van der Waals surface area contributed by atoms with Gasteiger partial charge in [-0.2, -0.15) is 0 Å². The highest BCUT2D eigenvalue weighted by atomic mass is 16.4. The highest BCUT2D eigenvalue weighted by Crippen LogP contribution is 2.22. The minimum Gasteiger partial charge on any atom is -0.480 e. The Morgan fingerprint density at radius 2 is 1.81 bits per heavy atom. The number of aliphatic carboxylic acids is 1. The van der Waals surface area contributed by atoms with E-state index in [0.717, 1.165) is 10.8 Å². The third-order valence-corrected chi connectivity index (χ3v) is 4.54. The summed E-state index contributed by atoms with van der Waals surface area (Å²) in [4.78, 5) is 38.9. The number of carbonyl (C=O) groups is 2. The number of nitrogens with one attached hydrogen (secondary N) is 2. The van der Waals surface area contributed by atoms with Gasteiger partial charge in [-0.15, -0.1) is 0 Å². The van der Waals surface area contributed by atoms with Crippen LogP contribution in [0, 0.1) is 0 Å². The van der Waals surface area contributed by atoms with Crippen molar-refractivity contribution in [1.82, 2.24) is 10.3 Å². The predicted molar refractivity (Wildman–Crippen MR) is 104 cm³/mol. The Hall–Kier alpha value is -3.19. The number of rotatable bonds is 7. The van der Waals surface area contributed by atoms with Crippen LogP contribution >= 0.6 is 0 Å². The number of hydrogen-bond donors (Lipinski definition) is 4. The first-order valence-corrected chi connectivity index (χ1v) is 8.80. The van der Waals surface area contributed by atoms with E-state index in [-0.39, 0.29) is 5.56 Å². The van der Waals surface area contributed by atoms with E-state index in [9.17, 15) is 19.5 Å². The topological polar surface area (TPSA) is 125 Å². The lowest BCUT2D eigenvalue weighted by atomic mass is 10.0. The van der Waals surface area contributed by atoms with E-state index in [4.69, 9.17) is 5.73 Å². The zero-order valence-corrected chi connectivity index (χ0v) is 14.7. The fourth-order valence-electron chi connectivity index (χ4n) is 3.12. The van der Waals surface area contributed by atoms with Crippen molar-refractivity contribution in [2.24, 2.45) is 5.73 Å². The molecule has 1 amide bonds. The average molecular weight is 367 g/mol. The summed E-state index contributed by atoms with van der Waals surface area (Å²) in [6.45, 7) is 0.478. The number of nitrogens with two attached hydrogens (primary N) is 1. The number of pyridine rings is 1. The van der Waals surface area contributed by atoms with Crippen molar-refractivity contribution < 1.29 is 14.7 Å². The van der Waals surface area contributed by atoms with Gasteiger partial charge in [-0.3, -0.25) is 9.59 Å². The van der Waals surface area contributed by atoms with E-state index < -0.39 is 17.9 Å². The Bertz CT molecular complexity index is 1060. The molecule has 5 N–H and O–H groups in total. The van der Waals surface area contributed by atoms with E-state index in [1.165, 1.54) is 0 Å². The maximum Gasteiger partial charge on any atom is 0.326 e. The van der Waals surface area contributed by atoms with Gasteiger partial charge in [0.25, 0.3) is 11.5 Å². The summed E-state index contributed by atoms with van der Waals surface area (Å²) in [5.41, 5.74) is 6.01. The van der Waals surface area contributed by atoms with Crippen LogP contribution in [-0.4, -0.2) is 34.6 Å². The normalized spacial score (nSPS) is 12.2. The molecular weight excluding hydrogens is 346 g/mol. The number of benzene rings is 2. The molecule has 0 aliphatic heterocycles. The predicted octanol–water partition coefficient (Wildman–Crippen LogP) is 1.99. The van der Waals surface area contributed by atoms with Crippen LogP contribution in [0.4, 0.5) is 0 Å². The second kappa shape index (κ2) is 8.01. The van der Waals surface area contributed by atoms with Crippen LogP contribution in [0.5, 0.6) is 0 Å². The summed E-state index contributed by atoms with van der Waals surface area (Å²) < 4.78 is 0. The fourth-order valence-corrected chi connectivity index (χ4v) is 3.12. The number of unbranched alkanes of at least 4 members (excludes halogenated alkanes) is 1. The molecule has 0 fully saturated rings. The van der Waals surface area contributed by atoms with E-state index >= 15 is 0 Å². The van der Waals surface area contributed by atoms with Gasteiger partial charge in [0.15, 0.2) is 0 Å². The number of carbonyl (C=O) groups excluding carboxylic acids is 1. The number of fused-ring (bicyclic) bond motifs is 3. The first kappa shape index (κ1) is 18.6. The molecule has 0 aliphatic rings. The molecule has 0 spiro atoms. The summed E-state index contributed by atoms with van der Waals surface area (Å²) in [6, 6.07) is 11.2. The first-order chi connectivity index (χ1) is 13.0. The standard InChI is InChI=1S/C20H21N3O4/c21-10-4-3-7-16(20(26)27)22-18(24)12-8-9-14-13-5-1-2-6-15(13)19(25)23-17(14)11-12/h1-2,5-6,8-9,11,16H,3-4,7,10,21H2,(H,22,24)(H,23,25)(H,26,27)/t16-/m0/s1. The van der Waals surface area contributed by atoms with Gasteiger partial charge in [0, 0.05) is 21.9 Å².